The maximum Gasteiger partial charge on any atom is 0.231 e. The van der Waals surface area contributed by atoms with E-state index < -0.39 is 0 Å². The van der Waals surface area contributed by atoms with Crippen molar-refractivity contribution >= 4 is 21.8 Å². The van der Waals surface area contributed by atoms with Gasteiger partial charge in [-0.15, -0.1) is 0 Å². The number of alkyl halides is 1. The Labute approximate surface area is 92.8 Å². The fraction of sp³-hybridized carbons (Fsp3) is 0.364. The van der Waals surface area contributed by atoms with Gasteiger partial charge in [0.15, 0.2) is 0 Å². The quantitative estimate of drug-likeness (QED) is 0.827. The fourth-order valence-electron chi connectivity index (χ4n) is 1.43. The molecule has 0 unspecified atom stereocenters. The average molecular weight is 256 g/mol. The lowest BCUT2D eigenvalue weighted by Gasteiger charge is -2.15. The second-order valence-electron chi connectivity index (χ2n) is 3.28. The molecular weight excluding hydrogens is 242 g/mol. The summed E-state index contributed by atoms with van der Waals surface area (Å²) in [6, 6.07) is 8.14. The highest BCUT2D eigenvalue weighted by atomic mass is 79.9. The summed E-state index contributed by atoms with van der Waals surface area (Å²) in [4.78, 5) is 11.1. The van der Waals surface area contributed by atoms with Crippen LogP contribution in [-0.4, -0.2) is 11.2 Å². The summed E-state index contributed by atoms with van der Waals surface area (Å²) in [5.74, 6) is 0.0146. The van der Waals surface area contributed by atoms with Gasteiger partial charge < -0.3 is 5.32 Å². The van der Waals surface area contributed by atoms with E-state index in [2.05, 4.69) is 21.2 Å². The predicted molar refractivity (Wildman–Crippen MR) is 61.5 cm³/mol. The van der Waals surface area contributed by atoms with Crippen LogP contribution in [0.2, 0.25) is 0 Å². The first-order valence-corrected chi connectivity index (χ1v) is 5.68. The Morgan fingerprint density at radius 1 is 1.50 bits per heavy atom. The molecule has 2 nitrogen and oxygen atoms in total. The van der Waals surface area contributed by atoms with Crippen LogP contribution in [0.4, 0.5) is 0 Å². The number of benzene rings is 1. The van der Waals surface area contributed by atoms with Crippen LogP contribution in [0.15, 0.2) is 24.3 Å². The Balaban J connectivity index is 2.74. The molecule has 1 N–H and O–H groups in total. The minimum atomic E-state index is 0.0146. The SMILES string of the molecule is Cc1ccccc1[C@@H](C)NC(=O)CBr. The second-order valence-corrected chi connectivity index (χ2v) is 3.84. The molecule has 76 valence electrons. The van der Waals surface area contributed by atoms with Gasteiger partial charge in [-0.1, -0.05) is 40.2 Å². The van der Waals surface area contributed by atoms with Crippen LogP contribution in [0.1, 0.15) is 24.1 Å². The number of halogens is 1. The highest BCUT2D eigenvalue weighted by molar-refractivity contribution is 9.09. The van der Waals surface area contributed by atoms with Crippen molar-refractivity contribution in [2.45, 2.75) is 19.9 Å². The normalized spacial score (nSPS) is 12.2. The number of nitrogens with one attached hydrogen (secondary N) is 1. The van der Waals surface area contributed by atoms with E-state index in [1.54, 1.807) is 0 Å². The van der Waals surface area contributed by atoms with Gasteiger partial charge in [-0.2, -0.15) is 0 Å². The molecule has 0 saturated carbocycles. The number of aryl methyl sites for hydroxylation is 1. The van der Waals surface area contributed by atoms with Gasteiger partial charge in [-0.25, -0.2) is 0 Å². The van der Waals surface area contributed by atoms with Gasteiger partial charge in [0.1, 0.15) is 0 Å². The van der Waals surface area contributed by atoms with Crippen molar-refractivity contribution in [2.24, 2.45) is 0 Å². The molecule has 0 aliphatic carbocycles. The molecule has 3 heteroatoms. The maximum atomic E-state index is 11.1. The molecule has 14 heavy (non-hydrogen) atoms. The zero-order chi connectivity index (χ0) is 10.6. The molecule has 0 aliphatic heterocycles. The monoisotopic (exact) mass is 255 g/mol. The van der Waals surface area contributed by atoms with E-state index in [0.29, 0.717) is 5.33 Å². The zero-order valence-corrected chi connectivity index (χ0v) is 9.97. The van der Waals surface area contributed by atoms with Crippen molar-refractivity contribution in [2.75, 3.05) is 5.33 Å². The molecule has 1 aromatic rings. The van der Waals surface area contributed by atoms with Crippen molar-refractivity contribution in [3.05, 3.63) is 35.4 Å². The van der Waals surface area contributed by atoms with E-state index >= 15 is 0 Å². The number of hydrogen-bond acceptors (Lipinski definition) is 1. The smallest absolute Gasteiger partial charge is 0.231 e. The fourth-order valence-corrected chi connectivity index (χ4v) is 1.59. The molecule has 0 aliphatic rings. The van der Waals surface area contributed by atoms with E-state index in [4.69, 9.17) is 0 Å². The molecule has 0 bridgehead atoms. The van der Waals surface area contributed by atoms with Crippen molar-refractivity contribution < 1.29 is 4.79 Å². The number of hydrogen-bond donors (Lipinski definition) is 1. The molecule has 0 radical (unpaired) electrons. The van der Waals surface area contributed by atoms with Crippen molar-refractivity contribution in [1.29, 1.82) is 0 Å². The van der Waals surface area contributed by atoms with Crippen molar-refractivity contribution in [1.82, 2.24) is 5.32 Å². The number of carbonyl (C=O) groups excluding carboxylic acids is 1. The molecule has 1 rings (SSSR count). The molecule has 0 aromatic heterocycles. The first kappa shape index (κ1) is 11.2. The molecule has 1 amide bonds. The first-order valence-electron chi connectivity index (χ1n) is 4.56. The minimum Gasteiger partial charge on any atom is -0.349 e. The summed E-state index contributed by atoms with van der Waals surface area (Å²) in [7, 11) is 0. The van der Waals surface area contributed by atoms with Crippen LogP contribution in [0.3, 0.4) is 0 Å². The van der Waals surface area contributed by atoms with Crippen molar-refractivity contribution in [3.8, 4) is 0 Å². The first-order chi connectivity index (χ1) is 6.65. The minimum absolute atomic E-state index is 0.0146. The molecule has 0 saturated heterocycles. The van der Waals surface area contributed by atoms with Gasteiger partial charge in [0.25, 0.3) is 0 Å². The Morgan fingerprint density at radius 2 is 2.14 bits per heavy atom. The van der Waals surface area contributed by atoms with E-state index in [0.717, 1.165) is 0 Å². The Morgan fingerprint density at radius 3 is 2.71 bits per heavy atom. The summed E-state index contributed by atoms with van der Waals surface area (Å²) in [5.41, 5.74) is 2.37. The molecular formula is C11H14BrNO. The third-order valence-corrected chi connectivity index (χ3v) is 2.66. The molecule has 0 heterocycles. The topological polar surface area (TPSA) is 29.1 Å². The summed E-state index contributed by atoms with van der Waals surface area (Å²) in [6.07, 6.45) is 0. The second kappa shape index (κ2) is 5.15. The van der Waals surface area contributed by atoms with Crippen LogP contribution in [0.25, 0.3) is 0 Å². The molecule has 1 atom stereocenters. The summed E-state index contributed by atoms with van der Waals surface area (Å²) in [6.45, 7) is 4.04. The van der Waals surface area contributed by atoms with Crippen LogP contribution < -0.4 is 5.32 Å². The predicted octanol–water partition coefficient (Wildman–Crippen LogP) is 2.57. The molecule has 0 fully saturated rings. The van der Waals surface area contributed by atoms with Gasteiger partial charge in [-0.3, -0.25) is 4.79 Å². The number of carbonyl (C=O) groups is 1. The number of amides is 1. The largest absolute Gasteiger partial charge is 0.349 e. The lowest BCUT2D eigenvalue weighted by Crippen LogP contribution is -2.27. The van der Waals surface area contributed by atoms with Gasteiger partial charge in [0, 0.05) is 0 Å². The molecule has 0 spiro atoms. The Kier molecular flexibility index (Phi) is 4.14. The van der Waals surface area contributed by atoms with E-state index in [-0.39, 0.29) is 11.9 Å². The summed E-state index contributed by atoms with van der Waals surface area (Å²) in [5, 5.41) is 3.25. The highest BCUT2D eigenvalue weighted by Gasteiger charge is 2.09. The van der Waals surface area contributed by atoms with Crippen LogP contribution >= 0.6 is 15.9 Å². The van der Waals surface area contributed by atoms with E-state index in [9.17, 15) is 4.79 Å². The summed E-state index contributed by atoms with van der Waals surface area (Å²) >= 11 is 3.12. The highest BCUT2D eigenvalue weighted by Crippen LogP contribution is 2.16. The average Bonchev–Trinajstić information content (AvgIpc) is 2.18. The van der Waals surface area contributed by atoms with Gasteiger partial charge in [0.05, 0.1) is 11.4 Å². The maximum absolute atomic E-state index is 11.1. The van der Waals surface area contributed by atoms with Crippen LogP contribution in [-0.2, 0) is 4.79 Å². The zero-order valence-electron chi connectivity index (χ0n) is 8.38. The van der Waals surface area contributed by atoms with E-state index in [1.807, 2.05) is 38.1 Å². The van der Waals surface area contributed by atoms with Crippen molar-refractivity contribution in [3.63, 3.8) is 0 Å². The third-order valence-electron chi connectivity index (χ3n) is 2.15. The lowest BCUT2D eigenvalue weighted by atomic mass is 10.0. The van der Waals surface area contributed by atoms with E-state index in [1.165, 1.54) is 11.1 Å². The standard InChI is InChI=1S/C11H14BrNO/c1-8-5-3-4-6-10(8)9(2)13-11(14)7-12/h3-6,9H,7H2,1-2H3,(H,13,14)/t9-/m1/s1. The number of rotatable bonds is 3. The van der Waals surface area contributed by atoms with Gasteiger partial charge in [0.2, 0.25) is 5.91 Å². The Hall–Kier alpha value is -0.830. The Bertz CT molecular complexity index is 325. The van der Waals surface area contributed by atoms with Gasteiger partial charge >= 0.3 is 0 Å². The molecule has 1 aromatic carbocycles. The van der Waals surface area contributed by atoms with Crippen LogP contribution in [0.5, 0.6) is 0 Å². The third kappa shape index (κ3) is 2.84. The summed E-state index contributed by atoms with van der Waals surface area (Å²) < 4.78 is 0. The van der Waals surface area contributed by atoms with Gasteiger partial charge in [-0.05, 0) is 25.0 Å². The van der Waals surface area contributed by atoms with Crippen LogP contribution in [0, 0.1) is 6.92 Å². The lowest BCUT2D eigenvalue weighted by molar-refractivity contribution is -0.119.